The Bertz CT molecular complexity index is 449. The van der Waals surface area contributed by atoms with Crippen LogP contribution < -0.4 is 5.32 Å². The van der Waals surface area contributed by atoms with Crippen molar-refractivity contribution in [3.05, 3.63) is 38.4 Å². The summed E-state index contributed by atoms with van der Waals surface area (Å²) >= 11 is 5.97. The second-order valence-electron chi connectivity index (χ2n) is 4.75. The quantitative estimate of drug-likeness (QED) is 0.611. The Balaban J connectivity index is 2.89. The van der Waals surface area contributed by atoms with Gasteiger partial charge in [0.1, 0.15) is 5.02 Å². The molecule has 0 aliphatic heterocycles. The largest absolute Gasteiger partial charge is 0.314 e. The number of rotatable bonds is 7. The summed E-state index contributed by atoms with van der Waals surface area (Å²) in [7, 11) is 0. The second kappa shape index (κ2) is 7.46. The van der Waals surface area contributed by atoms with Crippen molar-refractivity contribution in [1.82, 2.24) is 5.32 Å². The van der Waals surface area contributed by atoms with Crippen molar-refractivity contribution < 1.29 is 4.92 Å². The molecule has 0 amide bonds. The molecule has 4 nitrogen and oxygen atoms in total. The van der Waals surface area contributed by atoms with Gasteiger partial charge in [-0.2, -0.15) is 0 Å². The molecular weight excluding hydrogens is 264 g/mol. The molecule has 1 unspecified atom stereocenters. The summed E-state index contributed by atoms with van der Waals surface area (Å²) in [4.78, 5) is 10.4. The molecule has 1 N–H and O–H groups in total. The maximum atomic E-state index is 10.8. The third-order valence-corrected chi connectivity index (χ3v) is 3.55. The van der Waals surface area contributed by atoms with Gasteiger partial charge in [0.05, 0.1) is 4.92 Å². The van der Waals surface area contributed by atoms with Crippen molar-refractivity contribution in [1.29, 1.82) is 0 Å². The number of benzene rings is 1. The van der Waals surface area contributed by atoms with Crippen LogP contribution in [0.3, 0.4) is 0 Å². The van der Waals surface area contributed by atoms with E-state index in [1.807, 2.05) is 6.92 Å². The van der Waals surface area contributed by atoms with Crippen molar-refractivity contribution in [3.63, 3.8) is 0 Å². The number of hydrogen-bond acceptors (Lipinski definition) is 3. The highest BCUT2D eigenvalue weighted by Crippen LogP contribution is 2.28. The van der Waals surface area contributed by atoms with Crippen LogP contribution in [0.15, 0.2) is 12.1 Å². The third-order valence-electron chi connectivity index (χ3n) is 3.24. The molecule has 19 heavy (non-hydrogen) atoms. The number of nitro groups is 1. The van der Waals surface area contributed by atoms with E-state index >= 15 is 0 Å². The van der Waals surface area contributed by atoms with Gasteiger partial charge in [-0.3, -0.25) is 10.1 Å². The Kier molecular flexibility index (Phi) is 6.25. The minimum atomic E-state index is -0.439. The SMILES string of the molecule is CCCNC(CC)Cc1cc(Cl)c([N+](=O)[O-])cc1C. The van der Waals surface area contributed by atoms with Crippen LogP contribution in [0.1, 0.15) is 37.8 Å². The van der Waals surface area contributed by atoms with E-state index in [0.717, 1.165) is 36.9 Å². The van der Waals surface area contributed by atoms with E-state index in [1.165, 1.54) is 0 Å². The lowest BCUT2D eigenvalue weighted by Crippen LogP contribution is -2.31. The zero-order valence-electron chi connectivity index (χ0n) is 11.7. The number of aryl methyl sites for hydroxylation is 1. The summed E-state index contributed by atoms with van der Waals surface area (Å²) in [5.74, 6) is 0. The first-order valence-electron chi connectivity index (χ1n) is 6.66. The van der Waals surface area contributed by atoms with E-state index in [4.69, 9.17) is 11.6 Å². The molecule has 0 bridgehead atoms. The highest BCUT2D eigenvalue weighted by Gasteiger charge is 2.16. The monoisotopic (exact) mass is 284 g/mol. The van der Waals surface area contributed by atoms with Crippen molar-refractivity contribution in [2.75, 3.05) is 6.54 Å². The van der Waals surface area contributed by atoms with Gasteiger partial charge in [-0.15, -0.1) is 0 Å². The fourth-order valence-corrected chi connectivity index (χ4v) is 2.30. The number of nitro benzene ring substituents is 1. The van der Waals surface area contributed by atoms with E-state index < -0.39 is 4.92 Å². The predicted octanol–water partition coefficient (Wildman–Crippen LogP) is 3.88. The average Bonchev–Trinajstić information content (AvgIpc) is 2.37. The van der Waals surface area contributed by atoms with Crippen LogP contribution in [-0.2, 0) is 6.42 Å². The smallest absolute Gasteiger partial charge is 0.288 e. The Hall–Kier alpha value is -1.13. The van der Waals surface area contributed by atoms with E-state index in [9.17, 15) is 10.1 Å². The maximum Gasteiger partial charge on any atom is 0.288 e. The van der Waals surface area contributed by atoms with Gasteiger partial charge >= 0.3 is 0 Å². The zero-order chi connectivity index (χ0) is 14.4. The Morgan fingerprint density at radius 1 is 1.42 bits per heavy atom. The number of nitrogens with zero attached hydrogens (tertiary/aromatic N) is 1. The molecule has 0 saturated carbocycles. The summed E-state index contributed by atoms with van der Waals surface area (Å²) in [5, 5.41) is 14.5. The van der Waals surface area contributed by atoms with Crippen LogP contribution in [-0.4, -0.2) is 17.5 Å². The summed E-state index contributed by atoms with van der Waals surface area (Å²) in [6.45, 7) is 7.15. The Morgan fingerprint density at radius 3 is 2.63 bits per heavy atom. The number of halogens is 1. The van der Waals surface area contributed by atoms with E-state index in [0.29, 0.717) is 6.04 Å². The van der Waals surface area contributed by atoms with Crippen LogP contribution in [0, 0.1) is 17.0 Å². The normalized spacial score (nSPS) is 12.4. The molecule has 1 aromatic rings. The van der Waals surface area contributed by atoms with E-state index in [-0.39, 0.29) is 10.7 Å². The molecule has 0 aliphatic rings. The molecule has 106 valence electrons. The zero-order valence-corrected chi connectivity index (χ0v) is 12.5. The lowest BCUT2D eigenvalue weighted by atomic mass is 9.99. The minimum absolute atomic E-state index is 0.0162. The molecular formula is C14H21ClN2O2. The average molecular weight is 285 g/mol. The molecule has 0 radical (unpaired) electrons. The van der Waals surface area contributed by atoms with Gasteiger partial charge in [0.2, 0.25) is 0 Å². The molecule has 0 aromatic heterocycles. The number of nitrogens with one attached hydrogen (secondary N) is 1. The molecule has 0 heterocycles. The van der Waals surface area contributed by atoms with Gasteiger partial charge in [-0.25, -0.2) is 0 Å². The molecule has 5 heteroatoms. The minimum Gasteiger partial charge on any atom is -0.314 e. The maximum absolute atomic E-state index is 10.8. The summed E-state index contributed by atoms with van der Waals surface area (Å²) in [6, 6.07) is 3.67. The molecule has 1 rings (SSSR count). The van der Waals surface area contributed by atoms with Gasteiger partial charge in [-0.1, -0.05) is 25.4 Å². The van der Waals surface area contributed by atoms with Gasteiger partial charge in [0.15, 0.2) is 0 Å². The fraction of sp³-hybridized carbons (Fsp3) is 0.571. The Labute approximate surface area is 119 Å². The van der Waals surface area contributed by atoms with E-state index in [1.54, 1.807) is 12.1 Å². The Morgan fingerprint density at radius 2 is 2.11 bits per heavy atom. The van der Waals surface area contributed by atoms with Crippen molar-refractivity contribution in [2.24, 2.45) is 0 Å². The van der Waals surface area contributed by atoms with Gasteiger partial charge in [0.25, 0.3) is 5.69 Å². The molecule has 1 aromatic carbocycles. The summed E-state index contributed by atoms with van der Waals surface area (Å²) < 4.78 is 0. The van der Waals surface area contributed by atoms with Crippen molar-refractivity contribution in [2.45, 2.75) is 46.1 Å². The van der Waals surface area contributed by atoms with E-state index in [2.05, 4.69) is 19.2 Å². The first-order chi connectivity index (χ1) is 8.99. The van der Waals surface area contributed by atoms with Crippen LogP contribution >= 0.6 is 11.6 Å². The summed E-state index contributed by atoms with van der Waals surface area (Å²) in [6.07, 6.45) is 2.96. The van der Waals surface area contributed by atoms with Crippen LogP contribution in [0.5, 0.6) is 0 Å². The molecule has 0 spiro atoms. The van der Waals surface area contributed by atoms with Gasteiger partial charge in [0, 0.05) is 12.1 Å². The first kappa shape index (κ1) is 15.9. The second-order valence-corrected chi connectivity index (χ2v) is 5.16. The van der Waals surface area contributed by atoms with Crippen LogP contribution in [0.25, 0.3) is 0 Å². The molecule has 0 saturated heterocycles. The van der Waals surface area contributed by atoms with Gasteiger partial charge < -0.3 is 5.32 Å². The lowest BCUT2D eigenvalue weighted by Gasteiger charge is -2.18. The standard InChI is InChI=1S/C14H21ClN2O2/c1-4-6-16-12(5-2)8-11-9-13(15)14(17(18)19)7-10(11)3/h7,9,12,16H,4-6,8H2,1-3H3. The third kappa shape index (κ3) is 4.48. The first-order valence-corrected chi connectivity index (χ1v) is 7.04. The van der Waals surface area contributed by atoms with Crippen molar-refractivity contribution in [3.8, 4) is 0 Å². The highest BCUT2D eigenvalue weighted by molar-refractivity contribution is 6.32. The molecule has 0 fully saturated rings. The lowest BCUT2D eigenvalue weighted by molar-refractivity contribution is -0.384. The topological polar surface area (TPSA) is 55.2 Å². The fourth-order valence-electron chi connectivity index (χ4n) is 2.04. The van der Waals surface area contributed by atoms with Crippen LogP contribution in [0.2, 0.25) is 5.02 Å². The van der Waals surface area contributed by atoms with Crippen LogP contribution in [0.4, 0.5) is 5.69 Å². The number of hydrogen-bond donors (Lipinski definition) is 1. The molecule has 0 aliphatic carbocycles. The van der Waals surface area contributed by atoms with Crippen molar-refractivity contribution >= 4 is 17.3 Å². The van der Waals surface area contributed by atoms with Gasteiger partial charge in [-0.05, 0) is 49.9 Å². The highest BCUT2D eigenvalue weighted by atomic mass is 35.5. The summed E-state index contributed by atoms with van der Waals surface area (Å²) in [5.41, 5.74) is 1.98. The predicted molar refractivity (Wildman–Crippen MR) is 78.9 cm³/mol. The molecule has 1 atom stereocenters.